The average molecular weight is 299 g/mol. The van der Waals surface area contributed by atoms with E-state index in [2.05, 4.69) is 15.5 Å². The second-order valence-corrected chi connectivity index (χ2v) is 4.82. The summed E-state index contributed by atoms with van der Waals surface area (Å²) in [7, 11) is 0. The molecule has 5 nitrogen and oxygen atoms in total. The first-order valence-corrected chi connectivity index (χ1v) is 6.62. The van der Waals surface area contributed by atoms with Crippen LogP contribution in [0.3, 0.4) is 0 Å². The van der Waals surface area contributed by atoms with Gasteiger partial charge in [0.25, 0.3) is 5.91 Å². The fourth-order valence-electron chi connectivity index (χ4n) is 1.88. The highest BCUT2D eigenvalue weighted by Gasteiger charge is 2.06. The van der Waals surface area contributed by atoms with Crippen molar-refractivity contribution in [2.24, 2.45) is 0 Å². The molecule has 21 heavy (non-hydrogen) atoms. The molecule has 1 N–H and O–H groups in total. The van der Waals surface area contributed by atoms with Gasteiger partial charge in [-0.15, -0.1) is 10.2 Å². The second kappa shape index (κ2) is 5.76. The van der Waals surface area contributed by atoms with Gasteiger partial charge < -0.3 is 5.32 Å². The molecule has 0 aliphatic rings. The molecule has 104 valence electrons. The number of nitrogens with zero attached hydrogens (tertiary/aromatic N) is 3. The Morgan fingerprint density at radius 2 is 1.76 bits per heavy atom. The van der Waals surface area contributed by atoms with E-state index in [1.807, 2.05) is 24.3 Å². The van der Waals surface area contributed by atoms with Crippen LogP contribution in [0, 0.1) is 0 Å². The minimum Gasteiger partial charge on any atom is -0.322 e. The fourth-order valence-corrected chi connectivity index (χ4v) is 2.07. The standard InChI is InChI=1S/C15H11ClN4O/c16-12-3-1-2-11(8-12)15(21)19-13-4-6-14(7-5-13)20-9-17-18-10-20/h1-10H,(H,19,21). The van der Waals surface area contributed by atoms with Crippen LogP contribution in [-0.2, 0) is 0 Å². The number of aromatic nitrogens is 3. The molecule has 1 heterocycles. The van der Waals surface area contributed by atoms with Gasteiger partial charge in [-0.25, -0.2) is 0 Å². The van der Waals surface area contributed by atoms with E-state index in [9.17, 15) is 4.79 Å². The number of carbonyl (C=O) groups is 1. The number of hydrogen-bond acceptors (Lipinski definition) is 3. The van der Waals surface area contributed by atoms with Crippen LogP contribution in [0.1, 0.15) is 10.4 Å². The SMILES string of the molecule is O=C(Nc1ccc(-n2cnnc2)cc1)c1cccc(Cl)c1. The van der Waals surface area contributed by atoms with E-state index in [0.29, 0.717) is 16.3 Å². The summed E-state index contributed by atoms with van der Waals surface area (Å²) in [6.07, 6.45) is 3.22. The summed E-state index contributed by atoms with van der Waals surface area (Å²) < 4.78 is 1.78. The lowest BCUT2D eigenvalue weighted by molar-refractivity contribution is 0.102. The van der Waals surface area contributed by atoms with Gasteiger partial charge in [-0.05, 0) is 42.5 Å². The molecule has 0 radical (unpaired) electrons. The molecule has 0 aliphatic heterocycles. The summed E-state index contributed by atoms with van der Waals surface area (Å²) in [5.74, 6) is -0.199. The molecule has 0 spiro atoms. The smallest absolute Gasteiger partial charge is 0.255 e. The van der Waals surface area contributed by atoms with E-state index in [1.165, 1.54) is 0 Å². The van der Waals surface area contributed by atoms with Crippen molar-refractivity contribution in [2.75, 3.05) is 5.32 Å². The molecule has 0 fully saturated rings. The third-order valence-electron chi connectivity index (χ3n) is 2.93. The minimum atomic E-state index is -0.199. The molecular formula is C15H11ClN4O. The first kappa shape index (κ1) is 13.3. The maximum absolute atomic E-state index is 12.1. The van der Waals surface area contributed by atoms with Crippen LogP contribution in [0.5, 0.6) is 0 Å². The minimum absolute atomic E-state index is 0.199. The molecule has 1 aromatic heterocycles. The highest BCUT2D eigenvalue weighted by Crippen LogP contribution is 2.15. The number of rotatable bonds is 3. The largest absolute Gasteiger partial charge is 0.322 e. The van der Waals surface area contributed by atoms with E-state index in [-0.39, 0.29) is 5.91 Å². The first-order valence-electron chi connectivity index (χ1n) is 6.24. The van der Waals surface area contributed by atoms with Crippen LogP contribution in [0.2, 0.25) is 5.02 Å². The molecule has 0 unspecified atom stereocenters. The van der Waals surface area contributed by atoms with Gasteiger partial charge in [-0.3, -0.25) is 9.36 Å². The number of hydrogen-bond donors (Lipinski definition) is 1. The Hall–Kier alpha value is -2.66. The highest BCUT2D eigenvalue weighted by molar-refractivity contribution is 6.31. The normalized spacial score (nSPS) is 10.3. The number of carbonyl (C=O) groups excluding carboxylic acids is 1. The van der Waals surface area contributed by atoms with Crippen LogP contribution in [0.15, 0.2) is 61.2 Å². The Bertz CT molecular complexity index is 754. The molecule has 6 heteroatoms. The van der Waals surface area contributed by atoms with Crippen LogP contribution in [0.4, 0.5) is 5.69 Å². The van der Waals surface area contributed by atoms with Crippen molar-refractivity contribution in [3.8, 4) is 5.69 Å². The molecule has 1 amide bonds. The molecule has 3 rings (SSSR count). The first-order chi connectivity index (χ1) is 10.2. The zero-order chi connectivity index (χ0) is 14.7. The van der Waals surface area contributed by atoms with Gasteiger partial charge in [-0.1, -0.05) is 17.7 Å². The molecule has 3 aromatic rings. The summed E-state index contributed by atoms with van der Waals surface area (Å²) in [4.78, 5) is 12.1. The number of benzene rings is 2. The topological polar surface area (TPSA) is 59.8 Å². The zero-order valence-corrected chi connectivity index (χ0v) is 11.7. The quantitative estimate of drug-likeness (QED) is 0.808. The number of anilines is 1. The second-order valence-electron chi connectivity index (χ2n) is 4.38. The Labute approximate surface area is 126 Å². The highest BCUT2D eigenvalue weighted by atomic mass is 35.5. The van der Waals surface area contributed by atoms with E-state index < -0.39 is 0 Å². The molecule has 0 saturated carbocycles. The van der Waals surface area contributed by atoms with Crippen molar-refractivity contribution in [1.82, 2.24) is 14.8 Å². The maximum atomic E-state index is 12.1. The summed E-state index contributed by atoms with van der Waals surface area (Å²) in [6.45, 7) is 0. The van der Waals surface area contributed by atoms with Crippen molar-refractivity contribution >= 4 is 23.2 Å². The summed E-state index contributed by atoms with van der Waals surface area (Å²) >= 11 is 5.88. The Morgan fingerprint density at radius 1 is 1.05 bits per heavy atom. The van der Waals surface area contributed by atoms with Crippen molar-refractivity contribution in [1.29, 1.82) is 0 Å². The Kier molecular flexibility index (Phi) is 3.66. The van der Waals surface area contributed by atoms with E-state index >= 15 is 0 Å². The Morgan fingerprint density at radius 3 is 2.43 bits per heavy atom. The van der Waals surface area contributed by atoms with Gasteiger partial charge in [0.05, 0.1) is 0 Å². The lowest BCUT2D eigenvalue weighted by Gasteiger charge is -2.07. The predicted molar refractivity (Wildman–Crippen MR) is 80.8 cm³/mol. The summed E-state index contributed by atoms with van der Waals surface area (Å²) in [6, 6.07) is 14.2. The maximum Gasteiger partial charge on any atom is 0.255 e. The molecular weight excluding hydrogens is 288 g/mol. The van der Waals surface area contributed by atoms with Crippen LogP contribution in [-0.4, -0.2) is 20.7 Å². The van der Waals surface area contributed by atoms with Crippen molar-refractivity contribution in [2.45, 2.75) is 0 Å². The van der Waals surface area contributed by atoms with Crippen molar-refractivity contribution in [3.63, 3.8) is 0 Å². The van der Waals surface area contributed by atoms with Gasteiger partial charge in [0, 0.05) is 22.0 Å². The van der Waals surface area contributed by atoms with Crippen molar-refractivity contribution in [3.05, 3.63) is 71.8 Å². The summed E-state index contributed by atoms with van der Waals surface area (Å²) in [5.41, 5.74) is 2.14. The molecule has 0 atom stereocenters. The predicted octanol–water partition coefficient (Wildman–Crippen LogP) is 3.17. The fraction of sp³-hybridized carbons (Fsp3) is 0. The lowest BCUT2D eigenvalue weighted by Crippen LogP contribution is -2.11. The van der Waals surface area contributed by atoms with E-state index in [0.717, 1.165) is 5.69 Å². The molecule has 0 aliphatic carbocycles. The van der Waals surface area contributed by atoms with Gasteiger partial charge in [0.1, 0.15) is 12.7 Å². The van der Waals surface area contributed by atoms with E-state index in [1.54, 1.807) is 41.5 Å². The van der Waals surface area contributed by atoms with Gasteiger partial charge in [0.15, 0.2) is 0 Å². The average Bonchev–Trinajstić information content (AvgIpc) is 3.02. The van der Waals surface area contributed by atoms with Crippen LogP contribution in [0.25, 0.3) is 5.69 Å². The third-order valence-corrected chi connectivity index (χ3v) is 3.16. The molecule has 0 saturated heterocycles. The van der Waals surface area contributed by atoms with E-state index in [4.69, 9.17) is 11.6 Å². The Balaban J connectivity index is 1.75. The van der Waals surface area contributed by atoms with Gasteiger partial charge in [-0.2, -0.15) is 0 Å². The molecule has 2 aromatic carbocycles. The van der Waals surface area contributed by atoms with Crippen molar-refractivity contribution < 1.29 is 4.79 Å². The lowest BCUT2D eigenvalue weighted by atomic mass is 10.2. The van der Waals surface area contributed by atoms with Gasteiger partial charge in [0.2, 0.25) is 0 Å². The number of halogens is 1. The monoisotopic (exact) mass is 298 g/mol. The summed E-state index contributed by atoms with van der Waals surface area (Å²) in [5, 5.41) is 10.8. The molecule has 0 bridgehead atoms. The zero-order valence-electron chi connectivity index (χ0n) is 10.9. The number of amides is 1. The van der Waals surface area contributed by atoms with Gasteiger partial charge >= 0.3 is 0 Å². The third kappa shape index (κ3) is 3.09. The number of nitrogens with one attached hydrogen (secondary N) is 1. The van der Waals surface area contributed by atoms with Crippen LogP contribution >= 0.6 is 11.6 Å². The van der Waals surface area contributed by atoms with Crippen LogP contribution < -0.4 is 5.32 Å².